The van der Waals surface area contributed by atoms with Crippen molar-refractivity contribution in [3.63, 3.8) is 0 Å². The Bertz CT molecular complexity index is 519. The minimum absolute atomic E-state index is 0.216. The van der Waals surface area contributed by atoms with Gasteiger partial charge in [-0.3, -0.25) is 15.0 Å². The first-order chi connectivity index (χ1) is 9.54. The molecule has 0 radical (unpaired) electrons. The maximum Gasteiger partial charge on any atom is 0.318 e. The molecule has 0 aromatic heterocycles. The molecule has 1 aromatic carbocycles. The third-order valence-electron chi connectivity index (χ3n) is 3.40. The van der Waals surface area contributed by atoms with Crippen LogP contribution in [-0.2, 0) is 17.8 Å². The number of urea groups is 1. The third-order valence-corrected chi connectivity index (χ3v) is 3.40. The number of halogens is 1. The second-order valence-corrected chi connectivity index (χ2v) is 4.96. The molecule has 3 amide bonds. The molecule has 3 N–H and O–H groups in total. The standard InChI is InChI=1S/C14H18FN3O2/c15-12-4-3-10-5-7-18(9-11(10)8-12)6-1-2-13(19)17-14(16)20/h3-4,8H,1-2,5-7,9H2,(H3,16,17,19,20). The van der Waals surface area contributed by atoms with Crippen LogP contribution in [-0.4, -0.2) is 29.9 Å². The number of amides is 3. The van der Waals surface area contributed by atoms with E-state index < -0.39 is 6.03 Å². The second-order valence-electron chi connectivity index (χ2n) is 4.96. The first kappa shape index (κ1) is 14.5. The van der Waals surface area contributed by atoms with E-state index in [1.165, 1.54) is 11.6 Å². The highest BCUT2D eigenvalue weighted by Crippen LogP contribution is 2.20. The van der Waals surface area contributed by atoms with E-state index in [-0.39, 0.29) is 18.1 Å². The fourth-order valence-corrected chi connectivity index (χ4v) is 2.44. The van der Waals surface area contributed by atoms with Crippen molar-refractivity contribution in [2.24, 2.45) is 5.73 Å². The molecule has 0 spiro atoms. The quantitative estimate of drug-likeness (QED) is 0.868. The summed E-state index contributed by atoms with van der Waals surface area (Å²) in [5.74, 6) is -0.576. The Morgan fingerprint density at radius 2 is 2.15 bits per heavy atom. The predicted molar refractivity (Wildman–Crippen MR) is 72.3 cm³/mol. The molecular formula is C14H18FN3O2. The van der Waals surface area contributed by atoms with E-state index in [9.17, 15) is 14.0 Å². The number of nitrogens with two attached hydrogens (primary N) is 1. The van der Waals surface area contributed by atoms with Crippen molar-refractivity contribution in [3.8, 4) is 0 Å². The molecule has 0 unspecified atom stereocenters. The van der Waals surface area contributed by atoms with Crippen LogP contribution in [0.15, 0.2) is 18.2 Å². The zero-order chi connectivity index (χ0) is 14.5. The Morgan fingerprint density at radius 3 is 2.90 bits per heavy atom. The lowest BCUT2D eigenvalue weighted by Crippen LogP contribution is -2.36. The van der Waals surface area contributed by atoms with Gasteiger partial charge >= 0.3 is 6.03 Å². The molecule has 0 bridgehead atoms. The molecular weight excluding hydrogens is 261 g/mol. The minimum atomic E-state index is -0.822. The molecule has 0 aliphatic carbocycles. The van der Waals surface area contributed by atoms with Gasteiger partial charge in [0.25, 0.3) is 0 Å². The van der Waals surface area contributed by atoms with E-state index >= 15 is 0 Å². The zero-order valence-electron chi connectivity index (χ0n) is 11.2. The van der Waals surface area contributed by atoms with Crippen molar-refractivity contribution in [3.05, 3.63) is 35.1 Å². The van der Waals surface area contributed by atoms with Crippen LogP contribution >= 0.6 is 0 Å². The van der Waals surface area contributed by atoms with Crippen LogP contribution in [0.3, 0.4) is 0 Å². The van der Waals surface area contributed by atoms with Gasteiger partial charge in [0, 0.05) is 19.5 Å². The first-order valence-corrected chi connectivity index (χ1v) is 6.63. The summed E-state index contributed by atoms with van der Waals surface area (Å²) >= 11 is 0. The van der Waals surface area contributed by atoms with Gasteiger partial charge in [-0.25, -0.2) is 9.18 Å². The summed E-state index contributed by atoms with van der Waals surface area (Å²) in [5.41, 5.74) is 7.06. The van der Waals surface area contributed by atoms with E-state index in [1.54, 1.807) is 6.07 Å². The second kappa shape index (κ2) is 6.47. The molecule has 0 fully saturated rings. The maximum atomic E-state index is 13.2. The normalized spacial score (nSPS) is 14.7. The van der Waals surface area contributed by atoms with E-state index in [0.29, 0.717) is 13.0 Å². The molecule has 2 rings (SSSR count). The minimum Gasteiger partial charge on any atom is -0.351 e. The Hall–Kier alpha value is -1.95. The average molecular weight is 279 g/mol. The predicted octanol–water partition coefficient (Wildman–Crippen LogP) is 1.16. The lowest BCUT2D eigenvalue weighted by Gasteiger charge is -2.28. The molecule has 0 saturated carbocycles. The van der Waals surface area contributed by atoms with Crippen molar-refractivity contribution in [2.45, 2.75) is 25.8 Å². The number of carbonyl (C=O) groups is 2. The maximum absolute atomic E-state index is 13.2. The van der Waals surface area contributed by atoms with Crippen LogP contribution in [0, 0.1) is 5.82 Å². The topological polar surface area (TPSA) is 75.4 Å². The molecule has 0 atom stereocenters. The Morgan fingerprint density at radius 1 is 1.35 bits per heavy atom. The van der Waals surface area contributed by atoms with Crippen molar-refractivity contribution in [1.29, 1.82) is 0 Å². The number of imide groups is 1. The van der Waals surface area contributed by atoms with Gasteiger partial charge in [-0.1, -0.05) is 6.07 Å². The average Bonchev–Trinajstić information content (AvgIpc) is 2.37. The number of rotatable bonds is 4. The van der Waals surface area contributed by atoms with Crippen molar-refractivity contribution < 1.29 is 14.0 Å². The highest BCUT2D eigenvalue weighted by atomic mass is 19.1. The largest absolute Gasteiger partial charge is 0.351 e. The summed E-state index contributed by atoms with van der Waals surface area (Å²) < 4.78 is 13.2. The van der Waals surface area contributed by atoms with Gasteiger partial charge in [0.15, 0.2) is 0 Å². The monoisotopic (exact) mass is 279 g/mol. The van der Waals surface area contributed by atoms with Gasteiger partial charge in [0.05, 0.1) is 0 Å². The molecule has 5 nitrogen and oxygen atoms in total. The number of nitrogens with zero attached hydrogens (tertiary/aromatic N) is 1. The molecule has 108 valence electrons. The molecule has 1 aliphatic heterocycles. The lowest BCUT2D eigenvalue weighted by molar-refractivity contribution is -0.120. The number of fused-ring (bicyclic) bond motifs is 1. The van der Waals surface area contributed by atoms with Crippen LogP contribution in [0.2, 0.25) is 0 Å². The first-order valence-electron chi connectivity index (χ1n) is 6.63. The number of hydrogen-bond donors (Lipinski definition) is 2. The molecule has 6 heteroatoms. The lowest BCUT2D eigenvalue weighted by atomic mass is 9.99. The van der Waals surface area contributed by atoms with Gasteiger partial charge in [-0.05, 0) is 42.6 Å². The fraction of sp³-hybridized carbons (Fsp3) is 0.429. The number of nitrogens with one attached hydrogen (secondary N) is 1. The Labute approximate surface area is 116 Å². The molecule has 1 aliphatic rings. The Kier molecular flexibility index (Phi) is 4.68. The van der Waals surface area contributed by atoms with Crippen molar-refractivity contribution in [2.75, 3.05) is 13.1 Å². The van der Waals surface area contributed by atoms with Gasteiger partial charge in [-0.15, -0.1) is 0 Å². The van der Waals surface area contributed by atoms with Gasteiger partial charge in [0.1, 0.15) is 5.82 Å². The third kappa shape index (κ3) is 4.03. The summed E-state index contributed by atoms with van der Waals surface area (Å²) in [5, 5.41) is 2.04. The molecule has 20 heavy (non-hydrogen) atoms. The summed E-state index contributed by atoms with van der Waals surface area (Å²) in [6.45, 7) is 2.34. The highest BCUT2D eigenvalue weighted by molar-refractivity contribution is 5.93. The molecule has 1 aromatic rings. The fourth-order valence-electron chi connectivity index (χ4n) is 2.44. The van der Waals surface area contributed by atoms with Crippen molar-refractivity contribution in [1.82, 2.24) is 10.2 Å². The molecule has 1 heterocycles. The van der Waals surface area contributed by atoms with Gasteiger partial charge < -0.3 is 5.73 Å². The SMILES string of the molecule is NC(=O)NC(=O)CCCN1CCc2ccc(F)cc2C1. The van der Waals surface area contributed by atoms with Crippen LogP contribution in [0.25, 0.3) is 0 Å². The van der Waals surface area contributed by atoms with Crippen LogP contribution in [0.5, 0.6) is 0 Å². The summed E-state index contributed by atoms with van der Waals surface area (Å²) in [6, 6.07) is 4.07. The van der Waals surface area contributed by atoms with E-state index in [0.717, 1.165) is 25.1 Å². The number of benzene rings is 1. The number of carbonyl (C=O) groups excluding carboxylic acids is 2. The van der Waals surface area contributed by atoms with Gasteiger partial charge in [-0.2, -0.15) is 0 Å². The number of hydrogen-bond acceptors (Lipinski definition) is 3. The smallest absolute Gasteiger partial charge is 0.318 e. The van der Waals surface area contributed by atoms with Crippen molar-refractivity contribution >= 4 is 11.9 Å². The summed E-state index contributed by atoms with van der Waals surface area (Å²) in [7, 11) is 0. The van der Waals surface area contributed by atoms with E-state index in [1.807, 2.05) is 11.4 Å². The summed E-state index contributed by atoms with van der Waals surface area (Å²) in [6.07, 6.45) is 1.79. The van der Waals surface area contributed by atoms with Crippen LogP contribution < -0.4 is 11.1 Å². The summed E-state index contributed by atoms with van der Waals surface area (Å²) in [4.78, 5) is 23.9. The number of primary amides is 1. The molecule has 0 saturated heterocycles. The van der Waals surface area contributed by atoms with E-state index in [4.69, 9.17) is 5.73 Å². The highest BCUT2D eigenvalue weighted by Gasteiger charge is 2.16. The van der Waals surface area contributed by atoms with E-state index in [2.05, 4.69) is 4.90 Å². The van der Waals surface area contributed by atoms with Crippen LogP contribution in [0.4, 0.5) is 9.18 Å². The Balaban J connectivity index is 1.79. The van der Waals surface area contributed by atoms with Gasteiger partial charge in [0.2, 0.25) is 5.91 Å². The van der Waals surface area contributed by atoms with Crippen LogP contribution in [0.1, 0.15) is 24.0 Å². The zero-order valence-corrected chi connectivity index (χ0v) is 11.2.